The topological polar surface area (TPSA) is 70.1 Å². The van der Waals surface area contributed by atoms with E-state index in [1.165, 1.54) is 10.7 Å². The number of nitrogens with two attached hydrogens (primary N) is 1. The number of esters is 1. The Kier molecular flexibility index (Phi) is 4.16. The molecule has 0 spiro atoms. The molecule has 0 amide bonds. The molecule has 0 radical (unpaired) electrons. The lowest BCUT2D eigenvalue weighted by Crippen LogP contribution is -2.14. The number of carbonyl (C=O) groups excluding carboxylic acids is 1. The monoisotopic (exact) mass is 327 g/mol. The van der Waals surface area contributed by atoms with Crippen LogP contribution in [0, 0.1) is 5.82 Å². The van der Waals surface area contributed by atoms with E-state index in [0.29, 0.717) is 15.9 Å². The van der Waals surface area contributed by atoms with Crippen molar-refractivity contribution >= 4 is 27.7 Å². The van der Waals surface area contributed by atoms with Crippen molar-refractivity contribution in [1.29, 1.82) is 0 Å². The van der Waals surface area contributed by atoms with Gasteiger partial charge in [-0.05, 0) is 39.7 Å². The molecule has 0 saturated carbocycles. The highest BCUT2D eigenvalue weighted by Gasteiger charge is 2.07. The lowest BCUT2D eigenvalue weighted by Gasteiger charge is -2.06. The Hall–Kier alpha value is -1.89. The number of hydrogen-bond acceptors (Lipinski definition) is 4. The van der Waals surface area contributed by atoms with Crippen LogP contribution in [-0.2, 0) is 22.7 Å². The summed E-state index contributed by atoms with van der Waals surface area (Å²) in [6.07, 6.45) is 1.59. The third-order valence-electron chi connectivity index (χ3n) is 2.34. The molecule has 0 atom stereocenters. The van der Waals surface area contributed by atoms with Crippen LogP contribution < -0.4 is 5.73 Å². The Morgan fingerprint density at radius 2 is 2.26 bits per heavy atom. The molecule has 5 nitrogen and oxygen atoms in total. The molecule has 7 heteroatoms. The maximum Gasteiger partial charge on any atom is 0.328 e. The minimum absolute atomic E-state index is 0.0143. The highest BCUT2D eigenvalue weighted by molar-refractivity contribution is 9.10. The zero-order valence-electron chi connectivity index (χ0n) is 9.85. The second-order valence-corrected chi connectivity index (χ2v) is 4.70. The molecular formula is C12H11BrFN3O2. The van der Waals surface area contributed by atoms with E-state index >= 15 is 0 Å². The van der Waals surface area contributed by atoms with Gasteiger partial charge in [-0.1, -0.05) is 6.07 Å². The summed E-state index contributed by atoms with van der Waals surface area (Å²) in [5, 5.41) is 3.87. The lowest BCUT2D eigenvalue weighted by atomic mass is 10.2. The molecule has 1 aromatic carbocycles. The number of ether oxygens (including phenoxy) is 1. The molecule has 2 aromatic rings. The van der Waals surface area contributed by atoms with Crippen molar-refractivity contribution in [2.75, 3.05) is 5.73 Å². The van der Waals surface area contributed by atoms with Gasteiger partial charge in [-0.25, -0.2) is 4.39 Å². The van der Waals surface area contributed by atoms with E-state index in [-0.39, 0.29) is 19.0 Å². The molecule has 2 rings (SSSR count). The van der Waals surface area contributed by atoms with Crippen molar-refractivity contribution in [2.45, 2.75) is 13.2 Å². The van der Waals surface area contributed by atoms with Crippen LogP contribution in [0.15, 0.2) is 34.9 Å². The Labute approximate surface area is 117 Å². The van der Waals surface area contributed by atoms with Gasteiger partial charge >= 0.3 is 5.97 Å². The van der Waals surface area contributed by atoms with E-state index in [0.717, 1.165) is 0 Å². The van der Waals surface area contributed by atoms with Crippen LogP contribution in [0.25, 0.3) is 0 Å². The van der Waals surface area contributed by atoms with Gasteiger partial charge in [-0.15, -0.1) is 0 Å². The molecule has 1 heterocycles. The van der Waals surface area contributed by atoms with Crippen LogP contribution in [-0.4, -0.2) is 15.7 Å². The number of aromatic nitrogens is 2. The molecule has 0 aliphatic carbocycles. The maximum absolute atomic E-state index is 13.0. The second-order valence-electron chi connectivity index (χ2n) is 3.85. The van der Waals surface area contributed by atoms with E-state index in [2.05, 4.69) is 21.0 Å². The normalized spacial score (nSPS) is 10.4. The van der Waals surface area contributed by atoms with Crippen LogP contribution in [0.5, 0.6) is 0 Å². The van der Waals surface area contributed by atoms with Gasteiger partial charge in [-0.3, -0.25) is 9.48 Å². The Bertz CT molecular complexity index is 600. The molecule has 100 valence electrons. The summed E-state index contributed by atoms with van der Waals surface area (Å²) < 4.78 is 19.8. The average Bonchev–Trinajstić information content (AvgIpc) is 2.76. The van der Waals surface area contributed by atoms with Gasteiger partial charge in [0.05, 0.1) is 4.47 Å². The van der Waals surface area contributed by atoms with Crippen LogP contribution in [0.2, 0.25) is 0 Å². The largest absolute Gasteiger partial charge is 0.459 e. The fraction of sp³-hybridized carbons (Fsp3) is 0.167. The van der Waals surface area contributed by atoms with E-state index in [4.69, 9.17) is 10.5 Å². The molecule has 1 aromatic heterocycles. The van der Waals surface area contributed by atoms with Crippen LogP contribution >= 0.6 is 15.9 Å². The van der Waals surface area contributed by atoms with E-state index < -0.39 is 5.97 Å². The van der Waals surface area contributed by atoms with Crippen molar-refractivity contribution in [3.8, 4) is 0 Å². The number of anilines is 1. The van der Waals surface area contributed by atoms with Gasteiger partial charge in [0.15, 0.2) is 0 Å². The summed E-state index contributed by atoms with van der Waals surface area (Å²) in [5.74, 6) is -0.457. The highest BCUT2D eigenvalue weighted by Crippen LogP contribution is 2.17. The first-order chi connectivity index (χ1) is 9.04. The Morgan fingerprint density at radius 3 is 2.89 bits per heavy atom. The third kappa shape index (κ3) is 3.78. The summed E-state index contributed by atoms with van der Waals surface area (Å²) in [5.41, 5.74) is 6.12. The molecular weight excluding hydrogens is 317 g/mol. The molecule has 19 heavy (non-hydrogen) atoms. The summed E-state index contributed by atoms with van der Waals surface area (Å²) in [7, 11) is 0. The number of hydrogen-bond donors (Lipinski definition) is 1. The smallest absolute Gasteiger partial charge is 0.328 e. The standard InChI is InChI=1S/C12H11BrFN3O2/c13-9-5-8(1-2-10(9)14)7-19-12(18)6-17-4-3-11(15)16-17/h1-5H,6-7H2,(H2,15,16). The number of carbonyl (C=O) groups is 1. The predicted molar refractivity (Wildman–Crippen MR) is 70.5 cm³/mol. The quantitative estimate of drug-likeness (QED) is 0.873. The fourth-order valence-electron chi connectivity index (χ4n) is 1.44. The molecule has 0 saturated heterocycles. The van der Waals surface area contributed by atoms with Gasteiger partial charge < -0.3 is 10.5 Å². The van der Waals surface area contributed by atoms with E-state index in [1.54, 1.807) is 24.4 Å². The van der Waals surface area contributed by atoms with Crippen molar-refractivity contribution in [1.82, 2.24) is 9.78 Å². The Morgan fingerprint density at radius 1 is 1.47 bits per heavy atom. The number of rotatable bonds is 4. The molecule has 0 aliphatic heterocycles. The highest BCUT2D eigenvalue weighted by atomic mass is 79.9. The minimum Gasteiger partial charge on any atom is -0.459 e. The summed E-state index contributed by atoms with van der Waals surface area (Å²) in [6.45, 7) is 0.0635. The number of nitrogens with zero attached hydrogens (tertiary/aromatic N) is 2. The predicted octanol–water partition coefficient (Wildman–Crippen LogP) is 2.11. The molecule has 0 unspecified atom stereocenters. The summed E-state index contributed by atoms with van der Waals surface area (Å²) >= 11 is 3.07. The van der Waals surface area contributed by atoms with E-state index in [1.807, 2.05) is 0 Å². The van der Waals surface area contributed by atoms with E-state index in [9.17, 15) is 9.18 Å². The first-order valence-electron chi connectivity index (χ1n) is 5.43. The first-order valence-corrected chi connectivity index (χ1v) is 6.22. The number of halogens is 2. The molecule has 0 aliphatic rings. The number of nitrogen functional groups attached to an aromatic ring is 1. The SMILES string of the molecule is Nc1ccn(CC(=O)OCc2ccc(F)c(Br)c2)n1. The van der Waals surface area contributed by atoms with Crippen molar-refractivity contribution < 1.29 is 13.9 Å². The lowest BCUT2D eigenvalue weighted by molar-refractivity contribution is -0.145. The third-order valence-corrected chi connectivity index (χ3v) is 2.94. The molecule has 2 N–H and O–H groups in total. The number of benzene rings is 1. The first kappa shape index (κ1) is 13.5. The van der Waals surface area contributed by atoms with Gasteiger partial charge in [0.2, 0.25) is 0 Å². The van der Waals surface area contributed by atoms with Crippen LogP contribution in [0.1, 0.15) is 5.56 Å². The zero-order valence-corrected chi connectivity index (χ0v) is 11.4. The molecule has 0 fully saturated rings. The summed E-state index contributed by atoms with van der Waals surface area (Å²) in [6, 6.07) is 6.01. The zero-order chi connectivity index (χ0) is 13.8. The summed E-state index contributed by atoms with van der Waals surface area (Å²) in [4.78, 5) is 11.5. The van der Waals surface area contributed by atoms with Gasteiger partial charge in [0.1, 0.15) is 24.8 Å². The Balaban J connectivity index is 1.88. The second kappa shape index (κ2) is 5.83. The van der Waals surface area contributed by atoms with Gasteiger partial charge in [0, 0.05) is 6.20 Å². The van der Waals surface area contributed by atoms with Crippen LogP contribution in [0.3, 0.4) is 0 Å². The molecule has 0 bridgehead atoms. The average molecular weight is 328 g/mol. The van der Waals surface area contributed by atoms with Crippen LogP contribution in [0.4, 0.5) is 10.2 Å². The minimum atomic E-state index is -0.441. The van der Waals surface area contributed by atoms with Crippen molar-refractivity contribution in [3.05, 3.63) is 46.3 Å². The van der Waals surface area contributed by atoms with Gasteiger partial charge in [-0.2, -0.15) is 5.10 Å². The fourth-order valence-corrected chi connectivity index (χ4v) is 1.86. The van der Waals surface area contributed by atoms with Crippen molar-refractivity contribution in [3.63, 3.8) is 0 Å². The maximum atomic E-state index is 13.0. The van der Waals surface area contributed by atoms with Gasteiger partial charge in [0.25, 0.3) is 0 Å². The van der Waals surface area contributed by atoms with Crippen molar-refractivity contribution in [2.24, 2.45) is 0 Å².